The van der Waals surface area contributed by atoms with Gasteiger partial charge in [0.25, 0.3) is 0 Å². The van der Waals surface area contributed by atoms with Gasteiger partial charge in [0, 0.05) is 62.4 Å². The van der Waals surface area contributed by atoms with Crippen molar-refractivity contribution in [1.29, 1.82) is 0 Å². The van der Waals surface area contributed by atoms with Crippen molar-refractivity contribution in [3.63, 3.8) is 0 Å². The van der Waals surface area contributed by atoms with Crippen LogP contribution in [0.4, 0.5) is 19.0 Å². The molecule has 0 radical (unpaired) electrons. The number of alkyl halides is 3. The molecule has 2 aliphatic carbocycles. The lowest BCUT2D eigenvalue weighted by atomic mass is 10.00. The molecule has 2 aromatic heterocycles. The summed E-state index contributed by atoms with van der Waals surface area (Å²) in [6.07, 6.45) is 4.60. The number of pyridine rings is 1. The third-order valence-corrected chi connectivity index (χ3v) is 8.27. The van der Waals surface area contributed by atoms with Crippen LogP contribution in [0.25, 0.3) is 11.3 Å². The Morgan fingerprint density at radius 2 is 1.77 bits per heavy atom. The first kappa shape index (κ1) is 23.2. The molecule has 35 heavy (non-hydrogen) atoms. The Balaban J connectivity index is 1.13. The molecule has 0 aromatic carbocycles. The van der Waals surface area contributed by atoms with Crippen LogP contribution >= 0.6 is 0 Å². The zero-order chi connectivity index (χ0) is 24.0. The maximum absolute atomic E-state index is 13.5. The molecule has 1 N–H and O–H groups in total. The van der Waals surface area contributed by atoms with Crippen molar-refractivity contribution in [2.45, 2.75) is 56.7 Å². The first-order valence-electron chi connectivity index (χ1n) is 12.9. The maximum Gasteiger partial charge on any atom is 0.417 e. The minimum Gasteiger partial charge on any atom is -0.381 e. The van der Waals surface area contributed by atoms with Gasteiger partial charge in [-0.15, -0.1) is 10.2 Å². The molecule has 6 rings (SSSR count). The lowest BCUT2D eigenvalue weighted by Crippen LogP contribution is -2.32. The van der Waals surface area contributed by atoms with Crippen molar-refractivity contribution in [2.75, 3.05) is 38.2 Å². The predicted molar refractivity (Wildman–Crippen MR) is 126 cm³/mol. The summed E-state index contributed by atoms with van der Waals surface area (Å²) >= 11 is 0. The fourth-order valence-electron chi connectivity index (χ4n) is 6.35. The zero-order valence-electron chi connectivity index (χ0n) is 19.8. The van der Waals surface area contributed by atoms with E-state index in [9.17, 15) is 13.2 Å². The molecule has 0 bridgehead atoms. The SMILES string of the molecule is FC(F)(F)c1ccncc1-c1cc(C2CC2)c(NC2CC3CN(CC4CCOCC4)C[C@H]3C2)nn1. The van der Waals surface area contributed by atoms with Crippen molar-refractivity contribution < 1.29 is 17.9 Å². The van der Waals surface area contributed by atoms with Crippen LogP contribution in [-0.4, -0.2) is 59.0 Å². The van der Waals surface area contributed by atoms with Gasteiger partial charge in [0.1, 0.15) is 0 Å². The standard InChI is InChI=1S/C26H32F3N5O/c27-26(28,29)23-3-6-30-12-22(23)24-11-21(17-1-2-17)25(33-32-24)31-20-9-18-14-34(15-19(18)10-20)13-16-4-7-35-8-5-16/h3,6,11-12,16-20H,1-2,4-5,7-10,13-15H2,(H,31,33)/t18-,19?,20?/m1/s1. The average molecular weight is 488 g/mol. The van der Waals surface area contributed by atoms with Gasteiger partial charge < -0.3 is 15.0 Å². The largest absolute Gasteiger partial charge is 0.417 e. The number of halogens is 3. The molecule has 4 heterocycles. The smallest absolute Gasteiger partial charge is 0.381 e. The molecule has 2 aromatic rings. The fraction of sp³-hybridized carbons (Fsp3) is 0.654. The van der Waals surface area contributed by atoms with E-state index in [4.69, 9.17) is 4.74 Å². The average Bonchev–Trinajstić information content (AvgIpc) is 3.53. The molecule has 2 unspecified atom stereocenters. The summed E-state index contributed by atoms with van der Waals surface area (Å²) in [5.41, 5.74) is 0.495. The van der Waals surface area contributed by atoms with E-state index in [1.165, 1.54) is 44.9 Å². The van der Waals surface area contributed by atoms with E-state index in [0.717, 1.165) is 62.3 Å². The van der Waals surface area contributed by atoms with Crippen molar-refractivity contribution in [3.05, 3.63) is 35.7 Å². The van der Waals surface area contributed by atoms with Gasteiger partial charge in [-0.3, -0.25) is 4.98 Å². The first-order chi connectivity index (χ1) is 16.9. The van der Waals surface area contributed by atoms with E-state index in [2.05, 4.69) is 25.4 Å². The molecular weight excluding hydrogens is 455 g/mol. The third-order valence-electron chi connectivity index (χ3n) is 8.27. The monoisotopic (exact) mass is 487 g/mol. The second kappa shape index (κ2) is 9.32. The van der Waals surface area contributed by atoms with Crippen LogP contribution in [0.15, 0.2) is 24.5 Å². The van der Waals surface area contributed by atoms with Gasteiger partial charge in [-0.05, 0) is 74.3 Å². The number of fused-ring (bicyclic) bond motifs is 1. The van der Waals surface area contributed by atoms with E-state index < -0.39 is 11.7 Å². The summed E-state index contributed by atoms with van der Waals surface area (Å²) < 4.78 is 46.1. The number of ether oxygens (including phenoxy) is 1. The number of rotatable bonds is 6. The summed E-state index contributed by atoms with van der Waals surface area (Å²) in [4.78, 5) is 6.56. The summed E-state index contributed by atoms with van der Waals surface area (Å²) in [7, 11) is 0. The lowest BCUT2D eigenvalue weighted by Gasteiger charge is -2.28. The molecular formula is C26H32F3N5O. The third kappa shape index (κ3) is 5.03. The van der Waals surface area contributed by atoms with Crippen LogP contribution in [0.5, 0.6) is 0 Å². The Kier molecular flexibility index (Phi) is 6.16. The molecule has 4 aliphatic rings. The van der Waals surface area contributed by atoms with Crippen molar-refractivity contribution in [3.8, 4) is 11.3 Å². The number of hydrogen-bond donors (Lipinski definition) is 1. The number of nitrogens with zero attached hydrogens (tertiary/aromatic N) is 4. The van der Waals surface area contributed by atoms with Gasteiger partial charge in [-0.25, -0.2) is 0 Å². The normalized spacial score (nSPS) is 27.8. The van der Waals surface area contributed by atoms with E-state index in [1.54, 1.807) is 6.07 Å². The topological polar surface area (TPSA) is 63.2 Å². The lowest BCUT2D eigenvalue weighted by molar-refractivity contribution is -0.137. The van der Waals surface area contributed by atoms with Gasteiger partial charge in [0.2, 0.25) is 0 Å². The first-order valence-corrected chi connectivity index (χ1v) is 12.9. The maximum atomic E-state index is 13.5. The van der Waals surface area contributed by atoms with E-state index in [0.29, 0.717) is 23.8 Å². The molecule has 0 spiro atoms. The molecule has 2 saturated carbocycles. The second-order valence-electron chi connectivity index (χ2n) is 10.8. The molecule has 0 amide bonds. The highest BCUT2D eigenvalue weighted by Gasteiger charge is 2.42. The van der Waals surface area contributed by atoms with Gasteiger partial charge in [-0.1, -0.05) is 0 Å². The zero-order valence-corrected chi connectivity index (χ0v) is 19.8. The Morgan fingerprint density at radius 3 is 2.46 bits per heavy atom. The number of anilines is 1. The van der Waals surface area contributed by atoms with E-state index in [-0.39, 0.29) is 11.3 Å². The quantitative estimate of drug-likeness (QED) is 0.620. The van der Waals surface area contributed by atoms with Crippen LogP contribution in [-0.2, 0) is 10.9 Å². The van der Waals surface area contributed by atoms with Crippen LogP contribution in [0.3, 0.4) is 0 Å². The highest BCUT2D eigenvalue weighted by Crippen LogP contribution is 2.46. The Bertz CT molecular complexity index is 1040. The van der Waals surface area contributed by atoms with E-state index >= 15 is 0 Å². The van der Waals surface area contributed by atoms with Crippen molar-refractivity contribution >= 4 is 5.82 Å². The molecule has 3 atom stereocenters. The summed E-state index contributed by atoms with van der Waals surface area (Å²) in [6, 6.07) is 3.14. The van der Waals surface area contributed by atoms with Gasteiger partial charge in [0.05, 0.1) is 11.3 Å². The van der Waals surface area contributed by atoms with Crippen LogP contribution in [0.2, 0.25) is 0 Å². The predicted octanol–water partition coefficient (Wildman–Crippen LogP) is 4.98. The number of aromatic nitrogens is 3. The highest BCUT2D eigenvalue weighted by molar-refractivity contribution is 5.66. The number of hydrogen-bond acceptors (Lipinski definition) is 6. The fourth-order valence-corrected chi connectivity index (χ4v) is 6.35. The van der Waals surface area contributed by atoms with Crippen molar-refractivity contribution in [1.82, 2.24) is 20.1 Å². The Labute approximate surface area is 203 Å². The minimum absolute atomic E-state index is 0.0130. The second-order valence-corrected chi connectivity index (χ2v) is 10.8. The van der Waals surface area contributed by atoms with Crippen LogP contribution in [0.1, 0.15) is 55.6 Å². The van der Waals surface area contributed by atoms with Gasteiger partial charge in [0.15, 0.2) is 5.82 Å². The number of likely N-dealkylation sites (tertiary alicyclic amines) is 1. The van der Waals surface area contributed by atoms with E-state index in [1.807, 2.05) is 0 Å². The molecule has 2 saturated heterocycles. The Morgan fingerprint density at radius 1 is 1.03 bits per heavy atom. The number of nitrogens with one attached hydrogen (secondary N) is 1. The molecule has 188 valence electrons. The summed E-state index contributed by atoms with van der Waals surface area (Å²) in [5, 5.41) is 12.3. The Hall–Kier alpha value is -2.26. The van der Waals surface area contributed by atoms with Crippen LogP contribution < -0.4 is 5.32 Å². The summed E-state index contributed by atoms with van der Waals surface area (Å²) in [6.45, 7) is 5.34. The van der Waals surface area contributed by atoms with Gasteiger partial charge >= 0.3 is 6.18 Å². The molecule has 9 heteroatoms. The minimum atomic E-state index is -4.46. The molecule has 2 aliphatic heterocycles. The van der Waals surface area contributed by atoms with Crippen LogP contribution in [0, 0.1) is 17.8 Å². The molecule has 4 fully saturated rings. The summed E-state index contributed by atoms with van der Waals surface area (Å²) in [5.74, 6) is 3.26. The molecule has 6 nitrogen and oxygen atoms in total. The van der Waals surface area contributed by atoms with Gasteiger partial charge in [-0.2, -0.15) is 13.2 Å². The highest BCUT2D eigenvalue weighted by atomic mass is 19.4. The van der Waals surface area contributed by atoms with Crippen molar-refractivity contribution in [2.24, 2.45) is 17.8 Å².